The number of halogens is 3. The highest BCUT2D eigenvalue weighted by atomic mass is 35.5. The first-order valence-electron chi connectivity index (χ1n) is 2.76. The lowest BCUT2D eigenvalue weighted by Gasteiger charge is -2.00. The Balaban J connectivity index is 3.25. The van der Waals surface area contributed by atoms with Gasteiger partial charge in [0.05, 0.1) is 11.6 Å². The van der Waals surface area contributed by atoms with Crippen LogP contribution in [0.25, 0.3) is 0 Å². The van der Waals surface area contributed by atoms with Crippen molar-refractivity contribution in [2.45, 2.75) is 6.61 Å². The summed E-state index contributed by atoms with van der Waals surface area (Å²) in [6.07, 6.45) is 1.23. The number of nitrogens with zero attached hydrogens (tertiary/aromatic N) is 1. The lowest BCUT2D eigenvalue weighted by Crippen LogP contribution is -1.92. The maximum Gasteiger partial charge on any atom is 0.179 e. The highest BCUT2D eigenvalue weighted by Crippen LogP contribution is 2.23. The summed E-state index contributed by atoms with van der Waals surface area (Å²) < 4.78 is 12.7. The minimum absolute atomic E-state index is 0.174. The van der Waals surface area contributed by atoms with E-state index in [4.69, 9.17) is 28.3 Å². The molecule has 1 heterocycles. The highest BCUT2D eigenvalue weighted by molar-refractivity contribution is 6.34. The van der Waals surface area contributed by atoms with Crippen LogP contribution in [0.15, 0.2) is 6.20 Å². The summed E-state index contributed by atoms with van der Waals surface area (Å²) in [4.78, 5) is 3.46. The van der Waals surface area contributed by atoms with E-state index < -0.39 is 5.82 Å². The van der Waals surface area contributed by atoms with E-state index in [0.29, 0.717) is 0 Å². The predicted molar refractivity (Wildman–Crippen MR) is 40.1 cm³/mol. The molecule has 0 unspecified atom stereocenters. The summed E-state index contributed by atoms with van der Waals surface area (Å²) in [6, 6.07) is 0. The van der Waals surface area contributed by atoms with Gasteiger partial charge in [-0.05, 0) is 0 Å². The smallest absolute Gasteiger partial charge is 0.179 e. The third kappa shape index (κ3) is 1.61. The van der Waals surface area contributed by atoms with Crippen LogP contribution in [0.3, 0.4) is 0 Å². The Hall–Kier alpha value is -0.380. The van der Waals surface area contributed by atoms with Gasteiger partial charge in [-0.2, -0.15) is 0 Å². The zero-order valence-corrected chi connectivity index (χ0v) is 6.82. The molecule has 0 radical (unpaired) electrons. The number of aromatic nitrogens is 1. The normalized spacial score (nSPS) is 10.2. The molecule has 0 aliphatic rings. The molecule has 0 fully saturated rings. The largest absolute Gasteiger partial charge is 0.392 e. The molecule has 60 valence electrons. The molecule has 1 N–H and O–H groups in total. The van der Waals surface area contributed by atoms with Gasteiger partial charge in [0.2, 0.25) is 0 Å². The zero-order valence-electron chi connectivity index (χ0n) is 5.31. The summed E-state index contributed by atoms with van der Waals surface area (Å²) in [5, 5.41) is 8.14. The second-order valence-corrected chi connectivity index (χ2v) is 2.60. The van der Waals surface area contributed by atoms with Crippen LogP contribution in [-0.2, 0) is 6.61 Å². The third-order valence-corrected chi connectivity index (χ3v) is 1.83. The second-order valence-electron chi connectivity index (χ2n) is 1.86. The van der Waals surface area contributed by atoms with Crippen LogP contribution in [0, 0.1) is 5.82 Å². The summed E-state index contributed by atoms with van der Waals surface area (Å²) in [5.74, 6) is -0.792. The summed E-state index contributed by atoms with van der Waals surface area (Å²) >= 11 is 10.7. The zero-order chi connectivity index (χ0) is 8.43. The van der Waals surface area contributed by atoms with E-state index in [-0.39, 0.29) is 22.3 Å². The van der Waals surface area contributed by atoms with E-state index in [9.17, 15) is 4.39 Å². The van der Waals surface area contributed by atoms with E-state index in [0.717, 1.165) is 0 Å². The fourth-order valence-corrected chi connectivity index (χ4v) is 0.979. The van der Waals surface area contributed by atoms with Crippen molar-refractivity contribution in [2.75, 3.05) is 0 Å². The molecular weight excluding hydrogens is 192 g/mol. The standard InChI is InChI=1S/C6H4Cl2FNO/c7-4-3(2-11)1-10-6(8)5(4)9/h1,11H,2H2. The molecule has 1 aromatic rings. The van der Waals surface area contributed by atoms with Crippen LogP contribution in [0.4, 0.5) is 4.39 Å². The Morgan fingerprint density at radius 3 is 2.73 bits per heavy atom. The van der Waals surface area contributed by atoms with Crippen molar-refractivity contribution in [2.24, 2.45) is 0 Å². The first-order valence-corrected chi connectivity index (χ1v) is 3.51. The lowest BCUT2D eigenvalue weighted by atomic mass is 10.3. The monoisotopic (exact) mass is 195 g/mol. The molecule has 0 atom stereocenters. The van der Waals surface area contributed by atoms with Gasteiger partial charge in [0.1, 0.15) is 0 Å². The van der Waals surface area contributed by atoms with Gasteiger partial charge < -0.3 is 5.11 Å². The van der Waals surface area contributed by atoms with E-state index in [2.05, 4.69) is 4.98 Å². The Labute approximate surface area is 72.6 Å². The second kappa shape index (κ2) is 3.34. The van der Waals surface area contributed by atoms with Crippen LogP contribution >= 0.6 is 23.2 Å². The molecule has 0 aliphatic carbocycles. The van der Waals surface area contributed by atoms with Gasteiger partial charge in [0, 0.05) is 11.8 Å². The van der Waals surface area contributed by atoms with Gasteiger partial charge in [-0.25, -0.2) is 9.37 Å². The molecule has 0 saturated carbocycles. The summed E-state index contributed by atoms with van der Waals surface area (Å²) in [7, 11) is 0. The molecule has 2 nitrogen and oxygen atoms in total. The summed E-state index contributed by atoms with van der Waals surface area (Å²) in [6.45, 7) is -0.347. The minimum atomic E-state index is -0.792. The van der Waals surface area contributed by atoms with Gasteiger partial charge in [-0.15, -0.1) is 0 Å². The lowest BCUT2D eigenvalue weighted by molar-refractivity contribution is 0.281. The van der Waals surface area contributed by atoms with Crippen LogP contribution in [-0.4, -0.2) is 10.1 Å². The number of hydrogen-bond donors (Lipinski definition) is 1. The van der Waals surface area contributed by atoms with Crippen molar-refractivity contribution < 1.29 is 9.50 Å². The first kappa shape index (κ1) is 8.71. The van der Waals surface area contributed by atoms with Crippen molar-refractivity contribution in [3.8, 4) is 0 Å². The van der Waals surface area contributed by atoms with Crippen LogP contribution in [0.1, 0.15) is 5.56 Å². The Morgan fingerprint density at radius 1 is 1.55 bits per heavy atom. The average molecular weight is 196 g/mol. The fourth-order valence-electron chi connectivity index (χ4n) is 0.590. The maximum atomic E-state index is 12.7. The van der Waals surface area contributed by atoms with Crippen molar-refractivity contribution >= 4 is 23.2 Å². The molecular formula is C6H4Cl2FNO. The molecule has 1 aromatic heterocycles. The van der Waals surface area contributed by atoms with Crippen LogP contribution < -0.4 is 0 Å². The minimum Gasteiger partial charge on any atom is -0.392 e. The molecule has 0 amide bonds. The van der Waals surface area contributed by atoms with Gasteiger partial charge in [-0.1, -0.05) is 23.2 Å². The molecule has 0 aliphatic heterocycles. The molecule has 5 heteroatoms. The molecule has 1 rings (SSSR count). The van der Waals surface area contributed by atoms with Gasteiger partial charge in [-0.3, -0.25) is 0 Å². The Morgan fingerprint density at radius 2 is 2.18 bits per heavy atom. The molecule has 0 bridgehead atoms. The maximum absolute atomic E-state index is 12.7. The van der Waals surface area contributed by atoms with Crippen molar-refractivity contribution in [3.63, 3.8) is 0 Å². The Bertz CT molecular complexity index is 280. The topological polar surface area (TPSA) is 33.1 Å². The first-order chi connectivity index (χ1) is 5.16. The van der Waals surface area contributed by atoms with E-state index in [1.807, 2.05) is 0 Å². The number of hydrogen-bond acceptors (Lipinski definition) is 2. The van der Waals surface area contributed by atoms with Crippen LogP contribution in [0.2, 0.25) is 10.2 Å². The number of pyridine rings is 1. The van der Waals surface area contributed by atoms with Gasteiger partial charge in [0.25, 0.3) is 0 Å². The Kier molecular flexibility index (Phi) is 2.65. The quantitative estimate of drug-likeness (QED) is 0.697. The summed E-state index contributed by atoms with van der Waals surface area (Å²) in [5.41, 5.74) is 0.230. The molecule has 0 spiro atoms. The number of aliphatic hydroxyl groups is 1. The van der Waals surface area contributed by atoms with Gasteiger partial charge in [0.15, 0.2) is 11.0 Å². The van der Waals surface area contributed by atoms with Crippen molar-refractivity contribution in [1.82, 2.24) is 4.98 Å². The predicted octanol–water partition coefficient (Wildman–Crippen LogP) is 2.02. The number of aliphatic hydroxyl groups excluding tert-OH is 1. The van der Waals surface area contributed by atoms with Crippen molar-refractivity contribution in [3.05, 3.63) is 27.8 Å². The SMILES string of the molecule is OCc1cnc(Cl)c(F)c1Cl. The third-order valence-electron chi connectivity index (χ3n) is 1.16. The van der Waals surface area contributed by atoms with Gasteiger partial charge >= 0.3 is 0 Å². The number of rotatable bonds is 1. The molecule has 0 aromatic carbocycles. The molecule has 0 saturated heterocycles. The van der Waals surface area contributed by atoms with E-state index >= 15 is 0 Å². The highest BCUT2D eigenvalue weighted by Gasteiger charge is 2.09. The molecule has 11 heavy (non-hydrogen) atoms. The fraction of sp³-hybridized carbons (Fsp3) is 0.167. The van der Waals surface area contributed by atoms with Crippen molar-refractivity contribution in [1.29, 1.82) is 0 Å². The van der Waals surface area contributed by atoms with Crippen LogP contribution in [0.5, 0.6) is 0 Å². The van der Waals surface area contributed by atoms with E-state index in [1.165, 1.54) is 6.20 Å². The van der Waals surface area contributed by atoms with E-state index in [1.54, 1.807) is 0 Å². The average Bonchev–Trinajstić information content (AvgIpc) is 2.01.